The van der Waals surface area contributed by atoms with Crippen molar-refractivity contribution in [2.45, 2.75) is 26.8 Å². The van der Waals surface area contributed by atoms with E-state index in [2.05, 4.69) is 5.32 Å². The molecule has 0 aliphatic heterocycles. The van der Waals surface area contributed by atoms with E-state index >= 15 is 0 Å². The van der Waals surface area contributed by atoms with Crippen LogP contribution in [0.4, 0.5) is 4.39 Å². The van der Waals surface area contributed by atoms with Gasteiger partial charge in [0.1, 0.15) is 11.6 Å². The van der Waals surface area contributed by atoms with E-state index in [1.807, 2.05) is 26.0 Å². The van der Waals surface area contributed by atoms with Gasteiger partial charge in [-0.05, 0) is 72.5 Å². The molecule has 2 N–H and O–H groups in total. The molecule has 7 heteroatoms. The van der Waals surface area contributed by atoms with Crippen molar-refractivity contribution in [1.82, 2.24) is 5.32 Å². The minimum absolute atomic E-state index is 0.103. The second-order valence-electron chi connectivity index (χ2n) is 7.31. The molecule has 3 rings (SSSR count). The summed E-state index contributed by atoms with van der Waals surface area (Å²) in [5, 5.41) is 12.3. The molecule has 32 heavy (non-hydrogen) atoms. The topological polar surface area (TPSA) is 75.6 Å². The summed E-state index contributed by atoms with van der Waals surface area (Å²) < 4.78 is 19.9. The first-order valence-corrected chi connectivity index (χ1v) is 10.5. The Hall–Kier alpha value is -3.38. The molecule has 0 atom stereocenters. The molecule has 0 bridgehead atoms. The molecule has 0 spiro atoms. The molecule has 0 aliphatic rings. The van der Waals surface area contributed by atoms with Crippen LogP contribution in [-0.2, 0) is 6.54 Å². The van der Waals surface area contributed by atoms with Crippen LogP contribution in [-0.4, -0.2) is 23.6 Å². The number of carbonyl (C=O) groups excluding carboxylic acids is 1. The third-order valence-electron chi connectivity index (χ3n) is 4.93. The quantitative estimate of drug-likeness (QED) is 0.445. The monoisotopic (exact) mass is 455 g/mol. The second-order valence-corrected chi connectivity index (χ2v) is 7.75. The summed E-state index contributed by atoms with van der Waals surface area (Å²) in [6.07, 6.45) is 0.809. The Bertz CT molecular complexity index is 1160. The molecule has 0 unspecified atom stereocenters. The smallest absolute Gasteiger partial charge is 0.335 e. The predicted octanol–water partition coefficient (Wildman–Crippen LogP) is 5.87. The number of hydrogen-bond acceptors (Lipinski definition) is 3. The zero-order chi connectivity index (χ0) is 23.3. The third kappa shape index (κ3) is 5.45. The standard InChI is InChI=1S/C25H23ClFNO4/c1-3-10-32-23-9-6-16(21-12-17(25(30)31)5-4-15(21)2)11-18(23)14-28-24(29)20-8-7-19(26)13-22(20)27/h4-9,11-13H,3,10,14H2,1-2H3,(H,28,29)(H,30,31). The van der Waals surface area contributed by atoms with E-state index in [1.165, 1.54) is 12.1 Å². The number of hydrogen-bond donors (Lipinski definition) is 2. The van der Waals surface area contributed by atoms with Crippen LogP contribution in [0, 0.1) is 12.7 Å². The molecule has 0 radical (unpaired) electrons. The highest BCUT2D eigenvalue weighted by Crippen LogP contribution is 2.30. The third-order valence-corrected chi connectivity index (χ3v) is 5.17. The highest BCUT2D eigenvalue weighted by Gasteiger charge is 2.15. The van der Waals surface area contributed by atoms with Crippen molar-refractivity contribution in [2.75, 3.05) is 6.61 Å². The molecule has 0 aromatic heterocycles. The Balaban J connectivity index is 1.92. The Labute approximate surface area is 190 Å². The number of rotatable bonds is 8. The number of carboxylic acids is 1. The largest absolute Gasteiger partial charge is 0.493 e. The fourth-order valence-corrected chi connectivity index (χ4v) is 3.41. The van der Waals surface area contributed by atoms with Gasteiger partial charge in [-0.15, -0.1) is 0 Å². The molecule has 3 aromatic carbocycles. The summed E-state index contributed by atoms with van der Waals surface area (Å²) >= 11 is 5.76. The Morgan fingerprint density at radius 2 is 1.88 bits per heavy atom. The summed E-state index contributed by atoms with van der Waals surface area (Å²) in [4.78, 5) is 23.9. The molecule has 0 heterocycles. The average Bonchev–Trinajstić information content (AvgIpc) is 2.76. The lowest BCUT2D eigenvalue weighted by molar-refractivity contribution is 0.0696. The van der Waals surface area contributed by atoms with Crippen molar-refractivity contribution in [2.24, 2.45) is 0 Å². The number of carbonyl (C=O) groups is 2. The number of aryl methyl sites for hydroxylation is 1. The molecule has 3 aromatic rings. The zero-order valence-electron chi connectivity index (χ0n) is 17.7. The van der Waals surface area contributed by atoms with Gasteiger partial charge in [-0.3, -0.25) is 4.79 Å². The van der Waals surface area contributed by atoms with Crippen molar-refractivity contribution in [3.05, 3.63) is 87.7 Å². The molecule has 0 saturated carbocycles. The van der Waals surface area contributed by atoms with Crippen molar-refractivity contribution < 1.29 is 23.8 Å². The van der Waals surface area contributed by atoms with Gasteiger partial charge in [0.25, 0.3) is 5.91 Å². The molecular weight excluding hydrogens is 433 g/mol. The summed E-state index contributed by atoms with van der Waals surface area (Å²) in [6.45, 7) is 4.48. The molecular formula is C25H23ClFNO4. The first-order chi connectivity index (χ1) is 15.3. The van der Waals surface area contributed by atoms with E-state index in [4.69, 9.17) is 16.3 Å². The highest BCUT2D eigenvalue weighted by atomic mass is 35.5. The number of nitrogens with one attached hydrogen (secondary N) is 1. The number of halogens is 2. The molecule has 1 amide bonds. The van der Waals surface area contributed by atoms with Crippen molar-refractivity contribution in [3.8, 4) is 16.9 Å². The van der Waals surface area contributed by atoms with Gasteiger partial charge in [0.05, 0.1) is 17.7 Å². The number of amides is 1. The van der Waals surface area contributed by atoms with Crippen LogP contribution in [0.25, 0.3) is 11.1 Å². The molecule has 0 saturated heterocycles. The summed E-state index contributed by atoms with van der Waals surface area (Å²) in [5.74, 6) is -1.69. The SMILES string of the molecule is CCCOc1ccc(-c2cc(C(=O)O)ccc2C)cc1CNC(=O)c1ccc(Cl)cc1F. The van der Waals surface area contributed by atoms with E-state index in [0.717, 1.165) is 29.2 Å². The van der Waals surface area contributed by atoms with Gasteiger partial charge >= 0.3 is 5.97 Å². The number of aromatic carboxylic acids is 1. The van der Waals surface area contributed by atoms with Gasteiger partial charge < -0.3 is 15.2 Å². The lowest BCUT2D eigenvalue weighted by atomic mass is 9.96. The predicted molar refractivity (Wildman–Crippen MR) is 122 cm³/mol. The molecule has 5 nitrogen and oxygen atoms in total. The van der Waals surface area contributed by atoms with Gasteiger partial charge in [-0.2, -0.15) is 0 Å². The normalized spacial score (nSPS) is 10.6. The van der Waals surface area contributed by atoms with Crippen LogP contribution in [0.3, 0.4) is 0 Å². The van der Waals surface area contributed by atoms with Crippen molar-refractivity contribution in [1.29, 1.82) is 0 Å². The average molecular weight is 456 g/mol. The highest BCUT2D eigenvalue weighted by molar-refractivity contribution is 6.30. The molecule has 166 valence electrons. The summed E-state index contributed by atoms with van der Waals surface area (Å²) in [5.41, 5.74) is 3.24. The molecule has 0 aliphatic carbocycles. The Kier molecular flexibility index (Phi) is 7.49. The minimum atomic E-state index is -1.01. The minimum Gasteiger partial charge on any atom is -0.493 e. The number of carboxylic acid groups (broad SMARTS) is 1. The van der Waals surface area contributed by atoms with Gasteiger partial charge in [0.2, 0.25) is 0 Å². The van der Waals surface area contributed by atoms with Crippen LogP contribution in [0.5, 0.6) is 5.75 Å². The maximum atomic E-state index is 14.1. The fraction of sp³-hybridized carbons (Fsp3) is 0.200. The lowest BCUT2D eigenvalue weighted by Crippen LogP contribution is -2.24. The van der Waals surface area contributed by atoms with Crippen LogP contribution >= 0.6 is 11.6 Å². The fourth-order valence-electron chi connectivity index (χ4n) is 3.25. The van der Waals surface area contributed by atoms with E-state index in [1.54, 1.807) is 24.3 Å². The van der Waals surface area contributed by atoms with E-state index in [-0.39, 0.29) is 22.7 Å². The Morgan fingerprint density at radius 3 is 2.56 bits per heavy atom. The van der Waals surface area contributed by atoms with Crippen molar-refractivity contribution >= 4 is 23.5 Å². The van der Waals surface area contributed by atoms with E-state index in [0.29, 0.717) is 17.9 Å². The van der Waals surface area contributed by atoms with Crippen LogP contribution < -0.4 is 10.1 Å². The number of benzene rings is 3. The zero-order valence-corrected chi connectivity index (χ0v) is 18.5. The first-order valence-electron chi connectivity index (χ1n) is 10.1. The lowest BCUT2D eigenvalue weighted by Gasteiger charge is -2.15. The van der Waals surface area contributed by atoms with Crippen LogP contribution in [0.1, 0.15) is 45.2 Å². The van der Waals surface area contributed by atoms with Gasteiger partial charge in [-0.25, -0.2) is 9.18 Å². The van der Waals surface area contributed by atoms with Gasteiger partial charge in [0, 0.05) is 17.1 Å². The first kappa shape index (κ1) is 23.3. The van der Waals surface area contributed by atoms with E-state index < -0.39 is 17.7 Å². The maximum Gasteiger partial charge on any atom is 0.335 e. The van der Waals surface area contributed by atoms with Crippen molar-refractivity contribution in [3.63, 3.8) is 0 Å². The summed E-state index contributed by atoms with van der Waals surface area (Å²) in [6, 6.07) is 14.3. The molecule has 0 fully saturated rings. The number of ether oxygens (including phenoxy) is 1. The van der Waals surface area contributed by atoms with Gasteiger partial charge in [0.15, 0.2) is 0 Å². The van der Waals surface area contributed by atoms with Gasteiger partial charge in [-0.1, -0.05) is 30.7 Å². The second kappa shape index (κ2) is 10.3. The van der Waals surface area contributed by atoms with Crippen LogP contribution in [0.2, 0.25) is 5.02 Å². The maximum absolute atomic E-state index is 14.1. The summed E-state index contributed by atoms with van der Waals surface area (Å²) in [7, 11) is 0. The Morgan fingerprint density at radius 1 is 1.09 bits per heavy atom. The van der Waals surface area contributed by atoms with Crippen LogP contribution in [0.15, 0.2) is 54.6 Å². The van der Waals surface area contributed by atoms with E-state index in [9.17, 15) is 19.1 Å².